The number of imidazole rings is 1. The van der Waals surface area contributed by atoms with Gasteiger partial charge in [0, 0.05) is 23.5 Å². The summed E-state index contributed by atoms with van der Waals surface area (Å²) in [6.07, 6.45) is 5.30. The van der Waals surface area contributed by atoms with Crippen molar-refractivity contribution in [2.45, 2.75) is 0 Å². The summed E-state index contributed by atoms with van der Waals surface area (Å²) in [6.45, 7) is 0. The molecule has 2 aromatic heterocycles. The quantitative estimate of drug-likeness (QED) is 0.671. The van der Waals surface area contributed by atoms with Crippen LogP contribution in [0.3, 0.4) is 0 Å². The van der Waals surface area contributed by atoms with Gasteiger partial charge >= 0.3 is 0 Å². The van der Waals surface area contributed by atoms with Crippen molar-refractivity contribution in [2.75, 3.05) is 0 Å². The van der Waals surface area contributed by atoms with Crippen LogP contribution >= 0.6 is 0 Å². The molecule has 0 aliphatic carbocycles. The Hall–Kier alpha value is -2.75. The molecule has 3 rings (SSSR count). The van der Waals surface area contributed by atoms with Crippen molar-refractivity contribution < 1.29 is 9.59 Å². The highest BCUT2D eigenvalue weighted by Gasteiger charge is 2.07. The first kappa shape index (κ1) is 11.3. The zero-order valence-corrected chi connectivity index (χ0v) is 9.98. The molecule has 0 atom stereocenters. The molecule has 4 nitrogen and oxygen atoms in total. The number of nitrogens with zero attached hydrogens (tertiary/aromatic N) is 2. The summed E-state index contributed by atoms with van der Waals surface area (Å²) in [4.78, 5) is 26.0. The molecular formula is C15H10N2O2. The lowest BCUT2D eigenvalue weighted by atomic mass is 10.1. The zero-order valence-electron chi connectivity index (χ0n) is 9.98. The van der Waals surface area contributed by atoms with E-state index >= 15 is 0 Å². The minimum Gasteiger partial charge on any atom is -0.306 e. The maximum absolute atomic E-state index is 11.0. The first-order valence-electron chi connectivity index (χ1n) is 5.80. The van der Waals surface area contributed by atoms with Crippen molar-refractivity contribution in [2.24, 2.45) is 0 Å². The minimum absolute atomic E-state index is 0.554. The number of hydrogen-bond acceptors (Lipinski definition) is 3. The van der Waals surface area contributed by atoms with Gasteiger partial charge in [0.15, 0.2) is 6.29 Å². The van der Waals surface area contributed by atoms with Crippen molar-refractivity contribution in [1.82, 2.24) is 9.38 Å². The van der Waals surface area contributed by atoms with E-state index in [4.69, 9.17) is 0 Å². The molecule has 19 heavy (non-hydrogen) atoms. The Kier molecular flexibility index (Phi) is 2.68. The first-order valence-corrected chi connectivity index (χ1v) is 5.80. The molecule has 4 heteroatoms. The van der Waals surface area contributed by atoms with Crippen LogP contribution in [-0.2, 0) is 0 Å². The summed E-state index contributed by atoms with van der Waals surface area (Å²) >= 11 is 0. The number of hydrogen-bond donors (Lipinski definition) is 0. The third kappa shape index (κ3) is 1.93. The SMILES string of the molecule is O=Cc1ccc(-c2cn3cccc(C=O)c3n2)cc1. The fraction of sp³-hybridized carbons (Fsp3) is 0. The van der Waals surface area contributed by atoms with E-state index in [1.807, 2.05) is 28.9 Å². The summed E-state index contributed by atoms with van der Waals surface area (Å²) in [5, 5.41) is 0. The predicted molar refractivity (Wildman–Crippen MR) is 71.4 cm³/mol. The van der Waals surface area contributed by atoms with E-state index in [0.29, 0.717) is 16.8 Å². The highest BCUT2D eigenvalue weighted by molar-refractivity contribution is 5.85. The van der Waals surface area contributed by atoms with Gasteiger partial charge in [0.05, 0.1) is 11.3 Å². The van der Waals surface area contributed by atoms with Crippen LogP contribution in [0.25, 0.3) is 16.9 Å². The molecule has 0 aliphatic rings. The van der Waals surface area contributed by atoms with Gasteiger partial charge in [-0.15, -0.1) is 0 Å². The summed E-state index contributed by atoms with van der Waals surface area (Å²) in [7, 11) is 0. The van der Waals surface area contributed by atoms with Crippen LogP contribution < -0.4 is 0 Å². The van der Waals surface area contributed by atoms with Crippen molar-refractivity contribution in [3.8, 4) is 11.3 Å². The fourth-order valence-corrected chi connectivity index (χ4v) is 2.00. The van der Waals surface area contributed by atoms with Crippen LogP contribution in [0, 0.1) is 0 Å². The third-order valence-electron chi connectivity index (χ3n) is 2.98. The molecule has 0 N–H and O–H groups in total. The predicted octanol–water partition coefficient (Wildman–Crippen LogP) is 2.63. The van der Waals surface area contributed by atoms with Crippen molar-refractivity contribution in [3.05, 3.63) is 59.9 Å². The maximum atomic E-state index is 11.0. The molecule has 2 heterocycles. The lowest BCUT2D eigenvalue weighted by Gasteiger charge is -1.95. The van der Waals surface area contributed by atoms with E-state index in [2.05, 4.69) is 4.98 Å². The lowest BCUT2D eigenvalue weighted by Crippen LogP contribution is -1.88. The maximum Gasteiger partial charge on any atom is 0.153 e. The third-order valence-corrected chi connectivity index (χ3v) is 2.98. The van der Waals surface area contributed by atoms with Gasteiger partial charge in [-0.05, 0) is 12.1 Å². The van der Waals surface area contributed by atoms with Crippen LogP contribution in [-0.4, -0.2) is 22.0 Å². The molecule has 0 radical (unpaired) electrons. The fourth-order valence-electron chi connectivity index (χ4n) is 2.00. The Morgan fingerprint density at radius 3 is 2.47 bits per heavy atom. The van der Waals surface area contributed by atoms with Crippen molar-refractivity contribution in [1.29, 1.82) is 0 Å². The van der Waals surface area contributed by atoms with E-state index in [1.165, 1.54) is 0 Å². The Labute approximate surface area is 109 Å². The van der Waals surface area contributed by atoms with Crippen LogP contribution in [0.1, 0.15) is 20.7 Å². The van der Waals surface area contributed by atoms with Gasteiger partial charge in [0.2, 0.25) is 0 Å². The number of aromatic nitrogens is 2. The van der Waals surface area contributed by atoms with Crippen molar-refractivity contribution >= 4 is 18.2 Å². The Morgan fingerprint density at radius 2 is 1.79 bits per heavy atom. The van der Waals surface area contributed by atoms with Crippen LogP contribution in [0.15, 0.2) is 48.8 Å². The largest absolute Gasteiger partial charge is 0.306 e. The molecule has 0 unspecified atom stereocenters. The van der Waals surface area contributed by atoms with Crippen molar-refractivity contribution in [3.63, 3.8) is 0 Å². The zero-order chi connectivity index (χ0) is 13.2. The van der Waals surface area contributed by atoms with Gasteiger partial charge in [0.25, 0.3) is 0 Å². The van der Waals surface area contributed by atoms with E-state index in [9.17, 15) is 9.59 Å². The number of aldehydes is 2. The summed E-state index contributed by atoms with van der Waals surface area (Å²) in [5.41, 5.74) is 3.49. The minimum atomic E-state index is 0.554. The monoisotopic (exact) mass is 250 g/mol. The molecule has 0 saturated heterocycles. The van der Waals surface area contributed by atoms with E-state index in [0.717, 1.165) is 23.8 Å². The average molecular weight is 250 g/mol. The number of fused-ring (bicyclic) bond motifs is 1. The van der Waals surface area contributed by atoms with E-state index in [1.54, 1.807) is 24.3 Å². The second kappa shape index (κ2) is 4.49. The van der Waals surface area contributed by atoms with Crippen LogP contribution in [0.4, 0.5) is 0 Å². The van der Waals surface area contributed by atoms with Crippen LogP contribution in [0.2, 0.25) is 0 Å². The molecule has 0 spiro atoms. The van der Waals surface area contributed by atoms with Gasteiger partial charge in [-0.3, -0.25) is 9.59 Å². The first-order chi connectivity index (χ1) is 9.31. The van der Waals surface area contributed by atoms with Crippen LogP contribution in [0.5, 0.6) is 0 Å². The van der Waals surface area contributed by atoms with Gasteiger partial charge < -0.3 is 4.40 Å². The summed E-state index contributed by atoms with van der Waals surface area (Å²) in [5.74, 6) is 0. The van der Waals surface area contributed by atoms with E-state index in [-0.39, 0.29) is 0 Å². The lowest BCUT2D eigenvalue weighted by molar-refractivity contribution is 0.111. The molecule has 0 bridgehead atoms. The highest BCUT2D eigenvalue weighted by atomic mass is 16.1. The average Bonchev–Trinajstić information content (AvgIpc) is 2.91. The number of benzene rings is 1. The highest BCUT2D eigenvalue weighted by Crippen LogP contribution is 2.20. The number of rotatable bonds is 3. The Balaban J connectivity index is 2.14. The number of pyridine rings is 1. The second-order valence-corrected chi connectivity index (χ2v) is 4.18. The number of carbonyl (C=O) groups is 2. The molecule has 0 saturated carbocycles. The molecule has 92 valence electrons. The molecule has 0 fully saturated rings. The standard InChI is InChI=1S/C15H10N2O2/c18-9-11-3-5-12(6-4-11)14-8-17-7-1-2-13(10-19)15(17)16-14/h1-10H. The topological polar surface area (TPSA) is 51.4 Å². The molecular weight excluding hydrogens is 240 g/mol. The molecule has 1 aromatic carbocycles. The molecule has 0 aliphatic heterocycles. The second-order valence-electron chi connectivity index (χ2n) is 4.18. The van der Waals surface area contributed by atoms with E-state index < -0.39 is 0 Å². The number of carbonyl (C=O) groups excluding carboxylic acids is 2. The molecule has 3 aromatic rings. The Bertz CT molecular complexity index is 757. The van der Waals surface area contributed by atoms with Gasteiger partial charge in [-0.1, -0.05) is 24.3 Å². The Morgan fingerprint density at radius 1 is 1.00 bits per heavy atom. The normalized spacial score (nSPS) is 10.5. The van der Waals surface area contributed by atoms with Gasteiger partial charge in [-0.25, -0.2) is 4.98 Å². The summed E-state index contributed by atoms with van der Waals surface area (Å²) < 4.78 is 1.81. The van der Waals surface area contributed by atoms with Gasteiger partial charge in [0.1, 0.15) is 11.9 Å². The molecule has 0 amide bonds. The smallest absolute Gasteiger partial charge is 0.153 e. The summed E-state index contributed by atoms with van der Waals surface area (Å²) in [6, 6.07) is 10.7. The van der Waals surface area contributed by atoms with Gasteiger partial charge in [-0.2, -0.15) is 0 Å².